The third kappa shape index (κ3) is 4.57. The molecule has 0 bridgehead atoms. The number of nitrogens with two attached hydrogens (primary N) is 1. The van der Waals surface area contributed by atoms with Gasteiger partial charge in [-0.15, -0.1) is 0 Å². The second kappa shape index (κ2) is 8.87. The van der Waals surface area contributed by atoms with Crippen LogP contribution in [0, 0.1) is 11.2 Å². The lowest BCUT2D eigenvalue weighted by Crippen LogP contribution is -2.50. The molecule has 1 aliphatic rings. The van der Waals surface area contributed by atoms with Crippen molar-refractivity contribution in [1.29, 1.82) is 0 Å². The van der Waals surface area contributed by atoms with E-state index in [-0.39, 0.29) is 17.0 Å². The predicted molar refractivity (Wildman–Crippen MR) is 124 cm³/mol. The van der Waals surface area contributed by atoms with Crippen molar-refractivity contribution < 1.29 is 14.3 Å². The van der Waals surface area contributed by atoms with Gasteiger partial charge in [0.25, 0.3) is 0 Å². The molecule has 0 spiro atoms. The summed E-state index contributed by atoms with van der Waals surface area (Å²) in [6.45, 7) is 6.18. The lowest BCUT2D eigenvalue weighted by atomic mass is 9.62. The average molecular weight is 488 g/mol. The number of halogens is 4. The summed E-state index contributed by atoms with van der Waals surface area (Å²) in [6, 6.07) is 8.04. The number of carbonyl (C=O) groups is 1. The molecule has 2 aromatic rings. The molecule has 0 aliphatic carbocycles. The van der Waals surface area contributed by atoms with E-state index in [4.69, 9.17) is 40.5 Å². The molecule has 1 heterocycles. The van der Waals surface area contributed by atoms with E-state index in [9.17, 15) is 9.90 Å². The number of nitrogens with one attached hydrogen (secondary N) is 1. The molecule has 168 valence electrons. The van der Waals surface area contributed by atoms with Crippen molar-refractivity contribution in [1.82, 2.24) is 5.32 Å². The highest BCUT2D eigenvalue weighted by Gasteiger charge is 2.59. The number of carboxylic acids is 1. The zero-order chi connectivity index (χ0) is 23.1. The van der Waals surface area contributed by atoms with E-state index >= 15 is 4.39 Å². The molecule has 0 saturated carbocycles. The first-order valence-corrected chi connectivity index (χ1v) is 11.1. The minimum atomic E-state index is -1.05. The summed E-state index contributed by atoms with van der Waals surface area (Å²) < 4.78 is 15.3. The molecule has 2 aromatic carbocycles. The summed E-state index contributed by atoms with van der Waals surface area (Å²) in [5.41, 5.74) is 6.12. The number of rotatable bonds is 5. The van der Waals surface area contributed by atoms with Crippen LogP contribution in [0.1, 0.15) is 44.2 Å². The Kier molecular flexibility index (Phi) is 6.95. The first kappa shape index (κ1) is 24.3. The summed E-state index contributed by atoms with van der Waals surface area (Å²) >= 11 is 18.4. The van der Waals surface area contributed by atoms with Crippen molar-refractivity contribution in [3.8, 4) is 0 Å². The first-order chi connectivity index (χ1) is 14.4. The Morgan fingerprint density at radius 3 is 2.35 bits per heavy atom. The maximum Gasteiger partial charge on any atom is 0.321 e. The number of hydrogen-bond acceptors (Lipinski definition) is 3. The first-order valence-electron chi connectivity index (χ1n) is 10.00. The van der Waals surface area contributed by atoms with E-state index in [1.165, 1.54) is 6.07 Å². The lowest BCUT2D eigenvalue weighted by Gasteiger charge is -2.42. The van der Waals surface area contributed by atoms with Gasteiger partial charge < -0.3 is 16.2 Å². The second-order valence-corrected chi connectivity index (χ2v) is 10.6. The van der Waals surface area contributed by atoms with Crippen LogP contribution in [0.4, 0.5) is 4.39 Å². The van der Waals surface area contributed by atoms with Crippen LogP contribution in [0.15, 0.2) is 36.4 Å². The van der Waals surface area contributed by atoms with Gasteiger partial charge in [-0.25, -0.2) is 4.39 Å². The maximum absolute atomic E-state index is 15.3. The van der Waals surface area contributed by atoms with E-state index in [1.54, 1.807) is 30.3 Å². The van der Waals surface area contributed by atoms with Gasteiger partial charge in [-0.1, -0.05) is 67.7 Å². The predicted octanol–water partition coefficient (Wildman–Crippen LogP) is 5.63. The van der Waals surface area contributed by atoms with Gasteiger partial charge in [-0.3, -0.25) is 4.79 Å². The zero-order valence-corrected chi connectivity index (χ0v) is 19.8. The Morgan fingerprint density at radius 1 is 1.16 bits per heavy atom. The highest BCUT2D eigenvalue weighted by Crippen LogP contribution is 2.52. The van der Waals surface area contributed by atoms with Gasteiger partial charge >= 0.3 is 5.97 Å². The minimum absolute atomic E-state index is 0.0218. The Morgan fingerprint density at radius 2 is 1.84 bits per heavy atom. The molecule has 8 heteroatoms. The normalized spacial score (nSPS) is 26.3. The summed E-state index contributed by atoms with van der Waals surface area (Å²) in [5, 5.41) is 14.3. The average Bonchev–Trinajstić information content (AvgIpc) is 2.97. The van der Waals surface area contributed by atoms with Gasteiger partial charge in [0, 0.05) is 28.9 Å². The fourth-order valence-electron chi connectivity index (χ4n) is 4.84. The van der Waals surface area contributed by atoms with E-state index in [2.05, 4.69) is 26.1 Å². The second-order valence-electron chi connectivity index (χ2n) is 9.32. The van der Waals surface area contributed by atoms with Crippen molar-refractivity contribution in [3.05, 3.63) is 68.4 Å². The fourth-order valence-corrected chi connectivity index (χ4v) is 5.31. The van der Waals surface area contributed by atoms with E-state index in [1.807, 2.05) is 0 Å². The standard InChI is InChI=1S/C23H26Cl3FN2O2/c1-22(2,3)10-18-23(11-28,14-6-5-13(24)9-17(14)27)19(20(29-18)21(30)31)12-4-7-15(25)16(26)8-12/h4-9,18-20,29H,10-11,28H2,1-3H3,(H,30,31)/t18-,19-,20+,23-/m0/s1. The van der Waals surface area contributed by atoms with Crippen molar-refractivity contribution in [3.63, 3.8) is 0 Å². The van der Waals surface area contributed by atoms with Crippen molar-refractivity contribution >= 4 is 40.8 Å². The molecule has 4 atom stereocenters. The van der Waals surface area contributed by atoms with Gasteiger partial charge in [0.1, 0.15) is 11.9 Å². The Bertz CT molecular complexity index is 995. The number of aliphatic carboxylic acids is 1. The summed E-state index contributed by atoms with van der Waals surface area (Å²) in [6.07, 6.45) is 0.577. The van der Waals surface area contributed by atoms with Crippen LogP contribution in [-0.4, -0.2) is 29.7 Å². The highest BCUT2D eigenvalue weighted by molar-refractivity contribution is 6.42. The molecule has 0 aromatic heterocycles. The Hall–Kier alpha value is -1.37. The van der Waals surface area contributed by atoms with Crippen LogP contribution in [0.3, 0.4) is 0 Å². The zero-order valence-electron chi connectivity index (χ0n) is 17.6. The van der Waals surface area contributed by atoms with Crippen molar-refractivity contribution in [2.24, 2.45) is 11.1 Å². The summed E-state index contributed by atoms with van der Waals surface area (Å²) in [7, 11) is 0. The van der Waals surface area contributed by atoms with Crippen LogP contribution >= 0.6 is 34.8 Å². The van der Waals surface area contributed by atoms with Gasteiger partial charge in [-0.05, 0) is 47.2 Å². The SMILES string of the molecule is CC(C)(C)C[C@@H]1N[C@@H](C(=O)O)[C@H](c2ccc(Cl)c(Cl)c2)[C@@]1(CN)c1ccc(Cl)cc1F. The highest BCUT2D eigenvalue weighted by atomic mass is 35.5. The molecule has 4 N–H and O–H groups in total. The fraction of sp³-hybridized carbons (Fsp3) is 0.435. The third-order valence-corrected chi connectivity index (χ3v) is 7.02. The molecule has 3 rings (SSSR count). The molecule has 1 aliphatic heterocycles. The molecule has 0 radical (unpaired) electrons. The molecular formula is C23H26Cl3FN2O2. The van der Waals surface area contributed by atoms with Crippen LogP contribution in [-0.2, 0) is 10.2 Å². The van der Waals surface area contributed by atoms with Crippen molar-refractivity contribution in [2.75, 3.05) is 6.54 Å². The Labute approximate surface area is 196 Å². The van der Waals surface area contributed by atoms with Gasteiger partial charge in [0.15, 0.2) is 0 Å². The monoisotopic (exact) mass is 486 g/mol. The molecule has 1 saturated heterocycles. The minimum Gasteiger partial charge on any atom is -0.480 e. The van der Waals surface area contributed by atoms with Gasteiger partial charge in [0.05, 0.1) is 10.0 Å². The van der Waals surface area contributed by atoms with E-state index < -0.39 is 35.2 Å². The lowest BCUT2D eigenvalue weighted by molar-refractivity contribution is -0.139. The summed E-state index contributed by atoms with van der Waals surface area (Å²) in [5.74, 6) is -2.25. The quantitative estimate of drug-likeness (QED) is 0.511. The smallest absolute Gasteiger partial charge is 0.321 e. The molecule has 0 unspecified atom stereocenters. The number of benzene rings is 2. The van der Waals surface area contributed by atoms with Crippen LogP contribution in [0.25, 0.3) is 0 Å². The van der Waals surface area contributed by atoms with Crippen LogP contribution in [0.5, 0.6) is 0 Å². The maximum atomic E-state index is 15.3. The number of hydrogen-bond donors (Lipinski definition) is 3. The van der Waals surface area contributed by atoms with Gasteiger partial charge in [0.2, 0.25) is 0 Å². The third-order valence-electron chi connectivity index (χ3n) is 6.05. The molecule has 31 heavy (non-hydrogen) atoms. The molecule has 1 fully saturated rings. The van der Waals surface area contributed by atoms with E-state index in [0.717, 1.165) is 0 Å². The topological polar surface area (TPSA) is 75.3 Å². The molecular weight excluding hydrogens is 462 g/mol. The van der Waals surface area contributed by atoms with E-state index in [0.29, 0.717) is 27.6 Å². The van der Waals surface area contributed by atoms with Crippen molar-refractivity contribution in [2.45, 2.75) is 50.6 Å². The Balaban J connectivity index is 2.32. The van der Waals surface area contributed by atoms with Gasteiger partial charge in [-0.2, -0.15) is 0 Å². The van der Waals surface area contributed by atoms with Crippen LogP contribution < -0.4 is 11.1 Å². The van der Waals surface area contributed by atoms with Crippen LogP contribution in [0.2, 0.25) is 15.1 Å². The molecule has 4 nitrogen and oxygen atoms in total. The number of carboxylic acid groups (broad SMARTS) is 1. The summed E-state index contributed by atoms with van der Waals surface area (Å²) in [4.78, 5) is 12.3. The molecule has 0 amide bonds. The largest absolute Gasteiger partial charge is 0.480 e.